The quantitative estimate of drug-likeness (QED) is 0.855. The summed E-state index contributed by atoms with van der Waals surface area (Å²) in [6.07, 6.45) is 0.583. The number of hydrogen-bond acceptors (Lipinski definition) is 4. The largest absolute Gasteiger partial charge is 0.491 e. The van der Waals surface area contributed by atoms with E-state index in [-0.39, 0.29) is 5.91 Å². The van der Waals surface area contributed by atoms with Gasteiger partial charge < -0.3 is 19.5 Å². The number of carbonyl (C=O) groups is 1. The highest BCUT2D eigenvalue weighted by atomic mass is 16.5. The van der Waals surface area contributed by atoms with E-state index in [1.54, 1.807) is 7.11 Å². The van der Waals surface area contributed by atoms with E-state index >= 15 is 0 Å². The van der Waals surface area contributed by atoms with Gasteiger partial charge in [-0.2, -0.15) is 0 Å². The smallest absolute Gasteiger partial charge is 0.239 e. The maximum Gasteiger partial charge on any atom is 0.239 e. The molecule has 4 rings (SSSR count). The van der Waals surface area contributed by atoms with Gasteiger partial charge in [-0.3, -0.25) is 4.79 Å². The zero-order valence-corrected chi connectivity index (χ0v) is 15.3. The molecule has 1 N–H and O–H groups in total. The van der Waals surface area contributed by atoms with Crippen molar-refractivity contribution < 1.29 is 19.0 Å². The molecule has 1 atom stereocenters. The number of hydrogen-bond donors (Lipinski definition) is 1. The summed E-state index contributed by atoms with van der Waals surface area (Å²) >= 11 is 0. The molecule has 0 saturated carbocycles. The van der Waals surface area contributed by atoms with Crippen LogP contribution in [0.2, 0.25) is 0 Å². The number of nitrogens with one attached hydrogen (secondary N) is 1. The van der Waals surface area contributed by atoms with Crippen molar-refractivity contribution in [3.05, 3.63) is 53.6 Å². The van der Waals surface area contributed by atoms with Crippen molar-refractivity contribution in [1.82, 2.24) is 0 Å². The lowest BCUT2D eigenvalue weighted by Crippen LogP contribution is -2.48. The molecule has 0 fully saturated rings. The third-order valence-electron chi connectivity index (χ3n) is 5.07. The van der Waals surface area contributed by atoms with Crippen molar-refractivity contribution in [3.8, 4) is 11.5 Å². The minimum Gasteiger partial charge on any atom is -0.491 e. The van der Waals surface area contributed by atoms with Crippen LogP contribution in [-0.4, -0.2) is 31.8 Å². The third-order valence-corrected chi connectivity index (χ3v) is 5.07. The molecular formula is C21H23NO4. The van der Waals surface area contributed by atoms with Crippen LogP contribution in [0, 0.1) is 0 Å². The molecule has 0 aromatic heterocycles. The monoisotopic (exact) mass is 353 g/mol. The van der Waals surface area contributed by atoms with Crippen LogP contribution in [0.4, 0.5) is 5.69 Å². The number of fused-ring (bicyclic) bond motifs is 4. The van der Waals surface area contributed by atoms with E-state index in [4.69, 9.17) is 14.2 Å². The fraction of sp³-hybridized carbons (Fsp3) is 0.381. The zero-order valence-electron chi connectivity index (χ0n) is 15.3. The van der Waals surface area contributed by atoms with Gasteiger partial charge in [0.25, 0.3) is 0 Å². The molecule has 136 valence electrons. The minimum atomic E-state index is -0.737. The van der Waals surface area contributed by atoms with Crippen molar-refractivity contribution in [1.29, 1.82) is 0 Å². The van der Waals surface area contributed by atoms with E-state index < -0.39 is 11.0 Å². The Morgan fingerprint density at radius 3 is 2.73 bits per heavy atom. The molecule has 1 spiro atoms. The molecule has 2 aliphatic heterocycles. The van der Waals surface area contributed by atoms with Gasteiger partial charge >= 0.3 is 0 Å². The molecule has 0 radical (unpaired) electrons. The van der Waals surface area contributed by atoms with Crippen LogP contribution >= 0.6 is 0 Å². The highest BCUT2D eigenvalue weighted by molar-refractivity contribution is 6.09. The van der Waals surface area contributed by atoms with Crippen molar-refractivity contribution in [2.45, 2.75) is 31.3 Å². The van der Waals surface area contributed by atoms with Gasteiger partial charge in [0.15, 0.2) is 0 Å². The van der Waals surface area contributed by atoms with Crippen LogP contribution in [0.1, 0.15) is 31.4 Å². The summed E-state index contributed by atoms with van der Waals surface area (Å²) in [5.74, 6) is 1.41. The molecule has 0 bridgehead atoms. The van der Waals surface area contributed by atoms with Gasteiger partial charge in [0.2, 0.25) is 5.91 Å². The average Bonchev–Trinajstić information content (AvgIpc) is 2.86. The predicted molar refractivity (Wildman–Crippen MR) is 99.0 cm³/mol. The third kappa shape index (κ3) is 2.54. The second kappa shape index (κ2) is 6.02. The Morgan fingerprint density at radius 2 is 1.92 bits per heavy atom. The van der Waals surface area contributed by atoms with Gasteiger partial charge in [0.1, 0.15) is 29.1 Å². The Hall–Kier alpha value is -2.53. The normalized spacial score (nSPS) is 22.3. The van der Waals surface area contributed by atoms with Gasteiger partial charge in [-0.1, -0.05) is 24.3 Å². The first kappa shape index (κ1) is 16.9. The summed E-state index contributed by atoms with van der Waals surface area (Å²) in [4.78, 5) is 13.1. The van der Waals surface area contributed by atoms with E-state index in [1.165, 1.54) is 0 Å². The molecule has 1 amide bonds. The fourth-order valence-electron chi connectivity index (χ4n) is 4.10. The number of amides is 1. The molecule has 2 aromatic rings. The number of anilines is 1. The van der Waals surface area contributed by atoms with Crippen LogP contribution in [0.25, 0.3) is 0 Å². The zero-order chi connectivity index (χ0) is 18.4. The Kier molecular flexibility index (Phi) is 3.92. The van der Waals surface area contributed by atoms with E-state index in [2.05, 4.69) is 5.32 Å². The van der Waals surface area contributed by atoms with Crippen LogP contribution in [-0.2, 0) is 14.9 Å². The number of benzene rings is 2. The van der Waals surface area contributed by atoms with Gasteiger partial charge in [-0.15, -0.1) is 0 Å². The molecule has 26 heavy (non-hydrogen) atoms. The molecule has 1 unspecified atom stereocenters. The number of carbonyl (C=O) groups excluding carboxylic acids is 1. The van der Waals surface area contributed by atoms with E-state index in [0.29, 0.717) is 31.1 Å². The highest BCUT2D eigenvalue weighted by Crippen LogP contribution is 2.54. The molecule has 2 aromatic carbocycles. The van der Waals surface area contributed by atoms with Gasteiger partial charge in [0.05, 0.1) is 6.61 Å². The maximum absolute atomic E-state index is 13.1. The average molecular weight is 353 g/mol. The Bertz CT molecular complexity index is 861. The predicted octanol–water partition coefficient (Wildman–Crippen LogP) is 3.51. The summed E-state index contributed by atoms with van der Waals surface area (Å²) in [7, 11) is 1.64. The minimum absolute atomic E-state index is 0.00405. The van der Waals surface area contributed by atoms with Crippen molar-refractivity contribution in [3.63, 3.8) is 0 Å². The topological polar surface area (TPSA) is 56.8 Å². The summed E-state index contributed by atoms with van der Waals surface area (Å²) < 4.78 is 17.0. The Balaban J connectivity index is 1.83. The van der Waals surface area contributed by atoms with Crippen LogP contribution < -0.4 is 14.8 Å². The second-order valence-electron chi connectivity index (χ2n) is 7.44. The Morgan fingerprint density at radius 1 is 1.12 bits per heavy atom. The molecule has 2 heterocycles. The molecule has 2 aliphatic rings. The van der Waals surface area contributed by atoms with Gasteiger partial charge in [-0.25, -0.2) is 0 Å². The van der Waals surface area contributed by atoms with Crippen molar-refractivity contribution in [2.24, 2.45) is 0 Å². The molecule has 0 aliphatic carbocycles. The van der Waals surface area contributed by atoms with Crippen molar-refractivity contribution >= 4 is 11.6 Å². The second-order valence-corrected chi connectivity index (χ2v) is 7.44. The Labute approximate surface area is 153 Å². The first-order valence-corrected chi connectivity index (χ1v) is 8.82. The van der Waals surface area contributed by atoms with E-state index in [0.717, 1.165) is 16.8 Å². The van der Waals surface area contributed by atoms with Crippen LogP contribution in [0.3, 0.4) is 0 Å². The first-order chi connectivity index (χ1) is 12.5. The van der Waals surface area contributed by atoms with Crippen LogP contribution in [0.15, 0.2) is 42.5 Å². The lowest BCUT2D eigenvalue weighted by atomic mass is 9.67. The number of para-hydroxylation sites is 1. The summed E-state index contributed by atoms with van der Waals surface area (Å²) in [5.41, 5.74) is 1.56. The molecule has 5 nitrogen and oxygen atoms in total. The summed E-state index contributed by atoms with van der Waals surface area (Å²) in [6, 6.07) is 13.6. The van der Waals surface area contributed by atoms with E-state index in [1.807, 2.05) is 56.3 Å². The lowest BCUT2D eigenvalue weighted by molar-refractivity contribution is -0.122. The van der Waals surface area contributed by atoms with Gasteiger partial charge in [0, 0.05) is 30.8 Å². The van der Waals surface area contributed by atoms with Gasteiger partial charge in [-0.05, 0) is 31.5 Å². The molecule has 5 heteroatoms. The number of methoxy groups -OCH3 is 1. The number of rotatable bonds is 4. The summed E-state index contributed by atoms with van der Waals surface area (Å²) in [6.45, 7) is 5.02. The fourth-order valence-corrected chi connectivity index (χ4v) is 4.10. The standard InChI is InChI=1S/C21H23NO4/c1-20(2)13-21(15-6-4-5-7-17(15)22-19(21)23)16-9-8-14(12-18(16)26-20)25-11-10-24-3/h4-9,12H,10-11,13H2,1-3H3,(H,22,23). The SMILES string of the molecule is COCCOc1ccc2c(c1)OC(C)(C)CC21C(=O)Nc2ccccc21. The lowest BCUT2D eigenvalue weighted by Gasteiger charge is -2.43. The first-order valence-electron chi connectivity index (χ1n) is 8.82. The van der Waals surface area contributed by atoms with Crippen LogP contribution in [0.5, 0.6) is 11.5 Å². The van der Waals surface area contributed by atoms with Crippen molar-refractivity contribution in [2.75, 3.05) is 25.6 Å². The van der Waals surface area contributed by atoms with E-state index in [9.17, 15) is 4.79 Å². The summed E-state index contributed by atoms with van der Waals surface area (Å²) in [5, 5.41) is 3.05. The number of ether oxygens (including phenoxy) is 3. The molecule has 0 saturated heterocycles. The highest BCUT2D eigenvalue weighted by Gasteiger charge is 2.55. The molecular weight excluding hydrogens is 330 g/mol. The maximum atomic E-state index is 13.1.